The van der Waals surface area contributed by atoms with Gasteiger partial charge in [-0.05, 0) is 29.8 Å². The van der Waals surface area contributed by atoms with Gasteiger partial charge in [0, 0.05) is 38.1 Å². The Labute approximate surface area is 146 Å². The fourth-order valence-electron chi connectivity index (χ4n) is 2.45. The first-order valence-corrected chi connectivity index (χ1v) is 7.93. The number of carbonyl (C=O) groups is 1. The SMILES string of the molecule is CN(C)c1ccc([C@@H](O)CNC(=O)Nc2ccc3c(c2)OCO3)cc1. The second-order valence-electron chi connectivity index (χ2n) is 5.90. The number of rotatable bonds is 5. The predicted octanol–water partition coefficient (Wildman–Crippen LogP) is 2.34. The van der Waals surface area contributed by atoms with E-state index in [0.717, 1.165) is 11.3 Å². The van der Waals surface area contributed by atoms with Crippen LogP contribution in [-0.2, 0) is 0 Å². The molecule has 7 heteroatoms. The second kappa shape index (κ2) is 7.31. The summed E-state index contributed by atoms with van der Waals surface area (Å²) >= 11 is 0. The number of carbonyl (C=O) groups excluding carboxylic acids is 1. The first-order valence-electron chi connectivity index (χ1n) is 7.93. The highest BCUT2D eigenvalue weighted by atomic mass is 16.7. The molecule has 132 valence electrons. The summed E-state index contributed by atoms with van der Waals surface area (Å²) in [7, 11) is 3.90. The molecule has 25 heavy (non-hydrogen) atoms. The van der Waals surface area contributed by atoms with Crippen molar-refractivity contribution in [2.75, 3.05) is 37.6 Å². The summed E-state index contributed by atoms with van der Waals surface area (Å²) in [6.45, 7) is 0.293. The fraction of sp³-hybridized carbons (Fsp3) is 0.278. The molecule has 2 aromatic carbocycles. The van der Waals surface area contributed by atoms with Gasteiger partial charge in [0.1, 0.15) is 0 Å². The Morgan fingerprint density at radius 3 is 2.60 bits per heavy atom. The zero-order valence-electron chi connectivity index (χ0n) is 14.2. The molecular weight excluding hydrogens is 322 g/mol. The third-order valence-corrected chi connectivity index (χ3v) is 3.88. The molecule has 0 saturated heterocycles. The van der Waals surface area contributed by atoms with Crippen molar-refractivity contribution in [1.82, 2.24) is 5.32 Å². The van der Waals surface area contributed by atoms with Crippen LogP contribution in [0.5, 0.6) is 11.5 Å². The van der Waals surface area contributed by atoms with E-state index >= 15 is 0 Å². The van der Waals surface area contributed by atoms with Gasteiger partial charge in [-0.25, -0.2) is 4.79 Å². The summed E-state index contributed by atoms with van der Waals surface area (Å²) < 4.78 is 10.5. The number of urea groups is 1. The van der Waals surface area contributed by atoms with Crippen molar-refractivity contribution in [3.8, 4) is 11.5 Å². The van der Waals surface area contributed by atoms with Crippen molar-refractivity contribution in [3.63, 3.8) is 0 Å². The molecule has 2 aromatic rings. The van der Waals surface area contributed by atoms with E-state index in [4.69, 9.17) is 9.47 Å². The number of hydrogen-bond acceptors (Lipinski definition) is 5. The van der Waals surface area contributed by atoms with Crippen molar-refractivity contribution in [3.05, 3.63) is 48.0 Å². The standard InChI is InChI=1S/C18H21N3O4/c1-21(2)14-6-3-12(4-7-14)15(22)10-19-18(23)20-13-5-8-16-17(9-13)25-11-24-16/h3-9,15,22H,10-11H2,1-2H3,(H2,19,20,23)/t15-/m0/s1. The van der Waals surface area contributed by atoms with Crippen LogP contribution in [-0.4, -0.2) is 38.6 Å². The average Bonchev–Trinajstić information content (AvgIpc) is 3.07. The van der Waals surface area contributed by atoms with Crippen LogP contribution in [0, 0.1) is 0 Å². The van der Waals surface area contributed by atoms with Gasteiger partial charge < -0.3 is 30.1 Å². The van der Waals surface area contributed by atoms with E-state index in [-0.39, 0.29) is 13.3 Å². The van der Waals surface area contributed by atoms with Gasteiger partial charge in [0.15, 0.2) is 11.5 Å². The maximum absolute atomic E-state index is 12.0. The minimum absolute atomic E-state index is 0.109. The van der Waals surface area contributed by atoms with Crippen molar-refractivity contribution in [2.45, 2.75) is 6.10 Å². The van der Waals surface area contributed by atoms with Crippen LogP contribution < -0.4 is 25.0 Å². The van der Waals surface area contributed by atoms with Crippen molar-refractivity contribution < 1.29 is 19.4 Å². The van der Waals surface area contributed by atoms with Crippen molar-refractivity contribution in [1.29, 1.82) is 0 Å². The number of hydrogen-bond donors (Lipinski definition) is 3. The Bertz CT molecular complexity index is 746. The molecule has 0 fully saturated rings. The number of ether oxygens (including phenoxy) is 2. The van der Waals surface area contributed by atoms with Crippen molar-refractivity contribution >= 4 is 17.4 Å². The molecule has 1 aliphatic rings. The first-order chi connectivity index (χ1) is 12.0. The molecule has 1 aliphatic heterocycles. The number of benzene rings is 2. The van der Waals surface area contributed by atoms with Crippen LogP contribution in [0.3, 0.4) is 0 Å². The summed E-state index contributed by atoms with van der Waals surface area (Å²) in [6, 6.07) is 12.3. The molecule has 0 aromatic heterocycles. The third kappa shape index (κ3) is 4.13. The summed E-state index contributed by atoms with van der Waals surface area (Å²) in [4.78, 5) is 14.0. The lowest BCUT2D eigenvalue weighted by molar-refractivity contribution is 0.174. The highest BCUT2D eigenvalue weighted by Gasteiger charge is 2.15. The summed E-state index contributed by atoms with van der Waals surface area (Å²) in [6.07, 6.45) is -0.779. The van der Waals surface area contributed by atoms with E-state index < -0.39 is 12.1 Å². The monoisotopic (exact) mass is 343 g/mol. The van der Waals surface area contributed by atoms with E-state index in [1.54, 1.807) is 18.2 Å². The predicted molar refractivity (Wildman–Crippen MR) is 95.3 cm³/mol. The Balaban J connectivity index is 1.51. The quantitative estimate of drug-likeness (QED) is 0.776. The van der Waals surface area contributed by atoms with Crippen LogP contribution in [0.1, 0.15) is 11.7 Å². The summed E-state index contributed by atoms with van der Waals surface area (Å²) in [5, 5.41) is 15.6. The van der Waals surface area contributed by atoms with Gasteiger partial charge in [-0.2, -0.15) is 0 Å². The van der Waals surface area contributed by atoms with Gasteiger partial charge in [0.05, 0.1) is 6.10 Å². The topological polar surface area (TPSA) is 83.1 Å². The number of anilines is 2. The van der Waals surface area contributed by atoms with Gasteiger partial charge in [0.2, 0.25) is 6.79 Å². The number of nitrogens with one attached hydrogen (secondary N) is 2. The fourth-order valence-corrected chi connectivity index (χ4v) is 2.45. The molecular formula is C18H21N3O4. The maximum atomic E-state index is 12.0. The van der Waals surface area contributed by atoms with E-state index in [9.17, 15) is 9.90 Å². The van der Waals surface area contributed by atoms with Gasteiger partial charge in [-0.1, -0.05) is 12.1 Å². The maximum Gasteiger partial charge on any atom is 0.319 e. The van der Waals surface area contributed by atoms with E-state index in [2.05, 4.69) is 10.6 Å². The second-order valence-corrected chi connectivity index (χ2v) is 5.90. The third-order valence-electron chi connectivity index (χ3n) is 3.88. The number of aliphatic hydroxyl groups excluding tert-OH is 1. The Hall–Kier alpha value is -2.93. The van der Waals surface area contributed by atoms with E-state index in [1.165, 1.54) is 0 Å². The molecule has 3 N–H and O–H groups in total. The molecule has 1 heterocycles. The zero-order chi connectivity index (χ0) is 17.8. The number of aliphatic hydroxyl groups is 1. The normalized spacial score (nSPS) is 13.2. The van der Waals surface area contributed by atoms with Crippen LogP contribution in [0.25, 0.3) is 0 Å². The van der Waals surface area contributed by atoms with Gasteiger partial charge in [-0.15, -0.1) is 0 Å². The highest BCUT2D eigenvalue weighted by molar-refractivity contribution is 5.89. The highest BCUT2D eigenvalue weighted by Crippen LogP contribution is 2.34. The molecule has 0 aliphatic carbocycles. The first kappa shape index (κ1) is 16.9. The van der Waals surface area contributed by atoms with Crippen LogP contribution in [0.15, 0.2) is 42.5 Å². The minimum atomic E-state index is -0.779. The number of nitrogens with zero attached hydrogens (tertiary/aromatic N) is 1. The van der Waals surface area contributed by atoms with Crippen LogP contribution >= 0.6 is 0 Å². The van der Waals surface area contributed by atoms with Crippen LogP contribution in [0.2, 0.25) is 0 Å². The number of fused-ring (bicyclic) bond motifs is 1. The lowest BCUT2D eigenvalue weighted by atomic mass is 10.1. The molecule has 1 atom stereocenters. The smallest absolute Gasteiger partial charge is 0.319 e. The average molecular weight is 343 g/mol. The Kier molecular flexibility index (Phi) is 4.95. The van der Waals surface area contributed by atoms with Crippen LogP contribution in [0.4, 0.5) is 16.2 Å². The molecule has 0 radical (unpaired) electrons. The molecule has 7 nitrogen and oxygen atoms in total. The molecule has 3 rings (SSSR count). The van der Waals surface area contributed by atoms with Gasteiger partial charge >= 0.3 is 6.03 Å². The van der Waals surface area contributed by atoms with Gasteiger partial charge in [-0.3, -0.25) is 0 Å². The van der Waals surface area contributed by atoms with Crippen molar-refractivity contribution in [2.24, 2.45) is 0 Å². The zero-order valence-corrected chi connectivity index (χ0v) is 14.2. The minimum Gasteiger partial charge on any atom is -0.454 e. The largest absolute Gasteiger partial charge is 0.454 e. The lowest BCUT2D eigenvalue weighted by Crippen LogP contribution is -2.32. The van der Waals surface area contributed by atoms with E-state index in [1.807, 2.05) is 43.3 Å². The molecule has 0 unspecified atom stereocenters. The Morgan fingerprint density at radius 2 is 1.88 bits per heavy atom. The summed E-state index contributed by atoms with van der Waals surface area (Å²) in [5.74, 6) is 1.25. The lowest BCUT2D eigenvalue weighted by Gasteiger charge is -2.16. The number of amides is 2. The molecule has 0 bridgehead atoms. The van der Waals surface area contributed by atoms with Gasteiger partial charge in [0.25, 0.3) is 0 Å². The Morgan fingerprint density at radius 1 is 1.16 bits per heavy atom. The summed E-state index contributed by atoms with van der Waals surface area (Å²) in [5.41, 5.74) is 2.38. The van der Waals surface area contributed by atoms with E-state index in [0.29, 0.717) is 17.2 Å². The molecule has 2 amide bonds. The molecule has 0 spiro atoms. The molecule has 0 saturated carbocycles.